The largest absolute Gasteiger partial charge is 0.433 e. The molecule has 4 nitrogen and oxygen atoms in total. The Bertz CT molecular complexity index is 624. The van der Waals surface area contributed by atoms with Gasteiger partial charge in [-0.1, -0.05) is 6.07 Å². The molecule has 1 aliphatic rings. The molecule has 0 aromatic carbocycles. The zero-order valence-corrected chi connectivity index (χ0v) is 10.5. The van der Waals surface area contributed by atoms with Crippen molar-refractivity contribution in [1.29, 1.82) is 5.26 Å². The van der Waals surface area contributed by atoms with Crippen LogP contribution in [0.5, 0.6) is 0 Å². The molecule has 102 valence electrons. The predicted molar refractivity (Wildman–Crippen MR) is 62.5 cm³/mol. The molecule has 2 rings (SSSR count). The molecule has 0 bridgehead atoms. The molecule has 2 unspecified atom stereocenters. The molecule has 0 saturated carbocycles. The van der Waals surface area contributed by atoms with Gasteiger partial charge in [0, 0.05) is 17.7 Å². The van der Waals surface area contributed by atoms with Crippen molar-refractivity contribution in [2.24, 2.45) is 4.36 Å². The summed E-state index contributed by atoms with van der Waals surface area (Å²) in [6, 6.07) is 2.26. The molecule has 0 amide bonds. The molecule has 1 aliphatic heterocycles. The highest BCUT2D eigenvalue weighted by Crippen LogP contribution is 2.32. The lowest BCUT2D eigenvalue weighted by Crippen LogP contribution is -2.09. The van der Waals surface area contributed by atoms with Gasteiger partial charge in [0.25, 0.3) is 0 Å². The summed E-state index contributed by atoms with van der Waals surface area (Å²) in [6.45, 7) is 0. The zero-order chi connectivity index (χ0) is 14.1. The highest BCUT2D eigenvalue weighted by molar-refractivity contribution is 7.93. The fourth-order valence-electron chi connectivity index (χ4n) is 2.04. The number of hydrogen-bond acceptors (Lipinski definition) is 4. The van der Waals surface area contributed by atoms with Crippen molar-refractivity contribution >= 4 is 9.73 Å². The van der Waals surface area contributed by atoms with Gasteiger partial charge in [0.2, 0.25) is 6.19 Å². The van der Waals surface area contributed by atoms with Gasteiger partial charge in [0.15, 0.2) is 0 Å². The van der Waals surface area contributed by atoms with E-state index in [1.807, 2.05) is 0 Å². The molecule has 2 heterocycles. The maximum Gasteiger partial charge on any atom is 0.433 e. The van der Waals surface area contributed by atoms with Crippen LogP contribution in [0.25, 0.3) is 0 Å². The first-order chi connectivity index (χ1) is 8.84. The van der Waals surface area contributed by atoms with Gasteiger partial charge >= 0.3 is 6.18 Å². The smallest absolute Gasteiger partial charge is 0.251 e. The van der Waals surface area contributed by atoms with Crippen molar-refractivity contribution in [2.45, 2.75) is 18.5 Å². The topological polar surface area (TPSA) is 66.1 Å². The molecule has 1 aromatic heterocycles. The second kappa shape index (κ2) is 4.81. The SMILES string of the molecule is N#CN=S1(=O)CCC(c2ccc(C(F)(F)F)nc2)C1. The molecule has 0 N–H and O–H groups in total. The number of nitriles is 1. The van der Waals surface area contributed by atoms with Crippen molar-refractivity contribution in [2.75, 3.05) is 11.5 Å². The summed E-state index contributed by atoms with van der Waals surface area (Å²) in [7, 11) is -2.53. The van der Waals surface area contributed by atoms with Crippen molar-refractivity contribution in [3.63, 3.8) is 0 Å². The van der Waals surface area contributed by atoms with Crippen LogP contribution in [0, 0.1) is 11.5 Å². The second-order valence-corrected chi connectivity index (χ2v) is 6.76. The summed E-state index contributed by atoms with van der Waals surface area (Å²) in [5, 5.41) is 8.44. The Hall–Kier alpha value is -1.62. The Balaban J connectivity index is 2.20. The lowest BCUT2D eigenvalue weighted by atomic mass is 10.0. The van der Waals surface area contributed by atoms with E-state index in [-0.39, 0.29) is 11.7 Å². The van der Waals surface area contributed by atoms with Crippen molar-refractivity contribution in [3.05, 3.63) is 29.6 Å². The molecular formula is C11H10F3N3OS. The van der Waals surface area contributed by atoms with E-state index in [2.05, 4.69) is 9.35 Å². The van der Waals surface area contributed by atoms with Gasteiger partial charge in [-0.25, -0.2) is 4.21 Å². The number of alkyl halides is 3. The molecule has 1 aromatic rings. The van der Waals surface area contributed by atoms with Crippen LogP contribution in [0.2, 0.25) is 0 Å². The van der Waals surface area contributed by atoms with Crippen molar-refractivity contribution in [3.8, 4) is 6.19 Å². The Labute approximate surface area is 108 Å². The fourth-order valence-corrected chi connectivity index (χ4v) is 4.16. The van der Waals surface area contributed by atoms with E-state index in [1.54, 1.807) is 0 Å². The second-order valence-electron chi connectivity index (χ2n) is 4.29. The minimum atomic E-state index is -4.46. The molecule has 1 fully saturated rings. The third-order valence-corrected chi connectivity index (χ3v) is 5.21. The van der Waals surface area contributed by atoms with Gasteiger partial charge in [0.05, 0.1) is 9.73 Å². The third kappa shape index (κ3) is 3.04. The van der Waals surface area contributed by atoms with Gasteiger partial charge in [0.1, 0.15) is 5.69 Å². The van der Waals surface area contributed by atoms with Crippen LogP contribution in [0.15, 0.2) is 22.7 Å². The van der Waals surface area contributed by atoms with Crippen LogP contribution in [-0.2, 0) is 15.9 Å². The van der Waals surface area contributed by atoms with Crippen LogP contribution >= 0.6 is 0 Å². The standard InChI is InChI=1S/C11H10F3N3OS/c12-11(13,14)10-2-1-8(5-16-10)9-3-4-19(18,6-9)17-7-15/h1-2,5,9H,3-4,6H2. The summed E-state index contributed by atoms with van der Waals surface area (Å²) >= 11 is 0. The van der Waals surface area contributed by atoms with Crippen LogP contribution in [0.4, 0.5) is 13.2 Å². The number of halogens is 3. The van der Waals surface area contributed by atoms with E-state index < -0.39 is 21.6 Å². The van der Waals surface area contributed by atoms with E-state index in [1.165, 1.54) is 12.3 Å². The highest BCUT2D eigenvalue weighted by atomic mass is 32.2. The summed E-state index contributed by atoms with van der Waals surface area (Å²) < 4.78 is 52.5. The monoisotopic (exact) mass is 289 g/mol. The maximum atomic E-state index is 12.4. The normalized spacial score (nSPS) is 26.9. The van der Waals surface area contributed by atoms with Crippen molar-refractivity contribution in [1.82, 2.24) is 4.98 Å². The number of nitrogens with zero attached hydrogens (tertiary/aromatic N) is 3. The van der Waals surface area contributed by atoms with Crippen LogP contribution in [-0.4, -0.2) is 20.7 Å². The number of aromatic nitrogens is 1. The number of pyridine rings is 1. The quantitative estimate of drug-likeness (QED) is 0.746. The molecule has 2 atom stereocenters. The lowest BCUT2D eigenvalue weighted by Gasteiger charge is -2.10. The van der Waals surface area contributed by atoms with Gasteiger partial charge in [-0.2, -0.15) is 18.4 Å². The minimum Gasteiger partial charge on any atom is -0.251 e. The average molecular weight is 289 g/mol. The fraction of sp³-hybridized carbons (Fsp3) is 0.455. The van der Waals surface area contributed by atoms with Crippen LogP contribution in [0.1, 0.15) is 23.6 Å². The van der Waals surface area contributed by atoms with Gasteiger partial charge in [-0.15, -0.1) is 4.36 Å². The first-order valence-corrected chi connectivity index (χ1v) is 7.33. The third-order valence-electron chi connectivity index (χ3n) is 3.00. The lowest BCUT2D eigenvalue weighted by molar-refractivity contribution is -0.141. The van der Waals surface area contributed by atoms with Gasteiger partial charge in [-0.3, -0.25) is 4.98 Å². The van der Waals surface area contributed by atoms with Gasteiger partial charge in [-0.05, 0) is 24.0 Å². The number of rotatable bonds is 1. The molecule has 0 radical (unpaired) electrons. The summed E-state index contributed by atoms with van der Waals surface area (Å²) in [6.07, 6.45) is -1.23. The van der Waals surface area contributed by atoms with E-state index in [0.29, 0.717) is 17.7 Å². The van der Waals surface area contributed by atoms with Crippen LogP contribution in [0.3, 0.4) is 0 Å². The summed E-state index contributed by atoms with van der Waals surface area (Å²) in [5.41, 5.74) is -0.344. The predicted octanol–water partition coefficient (Wildman–Crippen LogP) is 2.54. The number of hydrogen-bond donors (Lipinski definition) is 0. The minimum absolute atomic E-state index is 0.153. The highest BCUT2D eigenvalue weighted by Gasteiger charge is 2.33. The maximum absolute atomic E-state index is 12.4. The van der Waals surface area contributed by atoms with E-state index >= 15 is 0 Å². The van der Waals surface area contributed by atoms with Crippen molar-refractivity contribution < 1.29 is 17.4 Å². The molecule has 0 spiro atoms. The first-order valence-electron chi connectivity index (χ1n) is 5.48. The van der Waals surface area contributed by atoms with Gasteiger partial charge < -0.3 is 0 Å². The Morgan fingerprint density at radius 2 is 2.21 bits per heavy atom. The molecule has 19 heavy (non-hydrogen) atoms. The Morgan fingerprint density at radius 1 is 1.47 bits per heavy atom. The Morgan fingerprint density at radius 3 is 2.74 bits per heavy atom. The molecular weight excluding hydrogens is 279 g/mol. The summed E-state index contributed by atoms with van der Waals surface area (Å²) in [5.74, 6) is 0.347. The molecule has 1 saturated heterocycles. The Kier molecular flexibility index (Phi) is 3.49. The average Bonchev–Trinajstić information content (AvgIpc) is 2.71. The van der Waals surface area contributed by atoms with Crippen LogP contribution < -0.4 is 0 Å². The van der Waals surface area contributed by atoms with E-state index in [0.717, 1.165) is 12.3 Å². The molecule has 0 aliphatic carbocycles. The zero-order valence-electron chi connectivity index (χ0n) is 9.72. The van der Waals surface area contributed by atoms with E-state index in [9.17, 15) is 17.4 Å². The molecule has 8 heteroatoms. The van der Waals surface area contributed by atoms with E-state index in [4.69, 9.17) is 5.26 Å². The first kappa shape index (κ1) is 13.8. The summed E-state index contributed by atoms with van der Waals surface area (Å²) in [4.78, 5) is 3.37.